The zero-order valence-electron chi connectivity index (χ0n) is 20.4. The van der Waals surface area contributed by atoms with Crippen molar-refractivity contribution in [3.63, 3.8) is 0 Å². The normalized spacial score (nSPS) is 14.2. The van der Waals surface area contributed by atoms with Crippen LogP contribution in [0.2, 0.25) is 0 Å². The van der Waals surface area contributed by atoms with Gasteiger partial charge in [-0.25, -0.2) is 9.53 Å². The van der Waals surface area contributed by atoms with E-state index in [1.165, 1.54) is 37.1 Å². The van der Waals surface area contributed by atoms with Crippen molar-refractivity contribution < 1.29 is 18.0 Å². The summed E-state index contributed by atoms with van der Waals surface area (Å²) in [6, 6.07) is 13.6. The lowest BCUT2D eigenvalue weighted by Crippen LogP contribution is -2.24. The number of carbonyl (C=O) groups is 1. The number of amides is 1. The second-order valence-corrected chi connectivity index (χ2v) is 9.27. The molecule has 2 heterocycles. The molecule has 2 aromatic heterocycles. The Kier molecular flexibility index (Phi) is 6.73. The van der Waals surface area contributed by atoms with Crippen molar-refractivity contribution in [1.29, 1.82) is 0 Å². The van der Waals surface area contributed by atoms with Gasteiger partial charge in [0.15, 0.2) is 11.4 Å². The van der Waals surface area contributed by atoms with Gasteiger partial charge in [0.2, 0.25) is 0 Å². The predicted molar refractivity (Wildman–Crippen MR) is 135 cm³/mol. The van der Waals surface area contributed by atoms with Crippen molar-refractivity contribution in [2.24, 2.45) is 13.0 Å². The van der Waals surface area contributed by atoms with Gasteiger partial charge >= 0.3 is 6.18 Å². The first-order valence-electron chi connectivity index (χ1n) is 12.0. The highest BCUT2D eigenvalue weighted by atomic mass is 19.4. The maximum absolute atomic E-state index is 13.5. The summed E-state index contributed by atoms with van der Waals surface area (Å²) in [6.45, 7) is 8.04. The minimum absolute atomic E-state index is 0.167. The number of benzene rings is 2. The van der Waals surface area contributed by atoms with E-state index >= 15 is 0 Å². The van der Waals surface area contributed by atoms with Crippen LogP contribution >= 0.6 is 0 Å². The minimum Gasteiger partial charge on any atom is -0.321 e. The number of aromatic nitrogens is 4. The standard InChI is InChI=1S/C27H24F3N7O/c1-31-20-6-4-8-22(12-20)37-23(13-24(35-37)27(28,29)30)26(38)34-21-7-3-5-18(11-21)25(32-14-17-9-10-17)19-15-33-36(2)16-19/h3-8,11-13,15-17,25,32H,9-10,14H2,2H3,(H,34,38). The van der Waals surface area contributed by atoms with Gasteiger partial charge in [-0.2, -0.15) is 23.4 Å². The maximum atomic E-state index is 13.5. The van der Waals surface area contributed by atoms with Gasteiger partial charge in [0.25, 0.3) is 5.91 Å². The second kappa shape index (κ2) is 10.1. The summed E-state index contributed by atoms with van der Waals surface area (Å²) in [6.07, 6.45) is 1.33. The highest BCUT2D eigenvalue weighted by Crippen LogP contribution is 2.32. The number of nitrogens with one attached hydrogen (secondary N) is 2. The number of hydrogen-bond acceptors (Lipinski definition) is 4. The zero-order chi connectivity index (χ0) is 26.9. The Morgan fingerprint density at radius 3 is 2.63 bits per heavy atom. The van der Waals surface area contributed by atoms with Crippen molar-refractivity contribution in [2.75, 3.05) is 11.9 Å². The van der Waals surface area contributed by atoms with E-state index in [4.69, 9.17) is 6.57 Å². The molecule has 1 atom stereocenters. The molecule has 1 saturated carbocycles. The summed E-state index contributed by atoms with van der Waals surface area (Å²) in [5, 5.41) is 14.2. The minimum atomic E-state index is -4.75. The molecule has 38 heavy (non-hydrogen) atoms. The van der Waals surface area contributed by atoms with Crippen molar-refractivity contribution >= 4 is 17.3 Å². The first-order valence-corrected chi connectivity index (χ1v) is 12.0. The van der Waals surface area contributed by atoms with E-state index in [0.29, 0.717) is 17.7 Å². The number of alkyl halides is 3. The Hall–Kier alpha value is -4.43. The molecule has 0 saturated heterocycles. The Morgan fingerprint density at radius 2 is 1.95 bits per heavy atom. The van der Waals surface area contributed by atoms with Crippen LogP contribution in [-0.2, 0) is 13.2 Å². The van der Waals surface area contributed by atoms with Gasteiger partial charge in [0.1, 0.15) is 5.69 Å². The van der Waals surface area contributed by atoms with Crippen LogP contribution in [0.15, 0.2) is 67.0 Å². The van der Waals surface area contributed by atoms with Crippen LogP contribution < -0.4 is 10.6 Å². The molecule has 4 aromatic rings. The predicted octanol–water partition coefficient (Wildman–Crippen LogP) is 5.52. The van der Waals surface area contributed by atoms with E-state index in [-0.39, 0.29) is 23.1 Å². The summed E-state index contributed by atoms with van der Waals surface area (Å²) < 4.78 is 43.1. The van der Waals surface area contributed by atoms with E-state index in [2.05, 4.69) is 25.7 Å². The van der Waals surface area contributed by atoms with Gasteiger partial charge in [0.05, 0.1) is 24.5 Å². The second-order valence-electron chi connectivity index (χ2n) is 9.27. The molecule has 5 rings (SSSR count). The molecule has 1 aliphatic carbocycles. The number of halogens is 3. The van der Waals surface area contributed by atoms with E-state index in [0.717, 1.165) is 22.4 Å². The first-order chi connectivity index (χ1) is 18.2. The molecular weight excluding hydrogens is 495 g/mol. The smallest absolute Gasteiger partial charge is 0.321 e. The lowest BCUT2D eigenvalue weighted by molar-refractivity contribution is -0.141. The highest BCUT2D eigenvalue weighted by molar-refractivity contribution is 6.03. The van der Waals surface area contributed by atoms with E-state index < -0.39 is 17.8 Å². The molecule has 1 amide bonds. The Balaban J connectivity index is 1.45. The molecule has 1 unspecified atom stereocenters. The summed E-state index contributed by atoms with van der Waals surface area (Å²) in [5.74, 6) is -0.122. The number of anilines is 1. The van der Waals surface area contributed by atoms with Crippen LogP contribution in [0.5, 0.6) is 0 Å². The number of rotatable bonds is 8. The lowest BCUT2D eigenvalue weighted by Gasteiger charge is -2.19. The summed E-state index contributed by atoms with van der Waals surface area (Å²) in [5.41, 5.74) is 1.14. The van der Waals surface area contributed by atoms with Gasteiger partial charge < -0.3 is 10.6 Å². The first kappa shape index (κ1) is 25.2. The highest BCUT2D eigenvalue weighted by Gasteiger charge is 2.36. The molecule has 11 heteroatoms. The van der Waals surface area contributed by atoms with Gasteiger partial charge in [0, 0.05) is 30.6 Å². The fourth-order valence-electron chi connectivity index (χ4n) is 4.19. The topological polar surface area (TPSA) is 81.1 Å². The van der Waals surface area contributed by atoms with Gasteiger partial charge in [-0.3, -0.25) is 9.48 Å². The summed E-state index contributed by atoms with van der Waals surface area (Å²) >= 11 is 0. The molecular formula is C27H24F3N7O. The molecule has 8 nitrogen and oxygen atoms in total. The Labute approximate surface area is 216 Å². The molecule has 2 aromatic carbocycles. The third-order valence-corrected chi connectivity index (χ3v) is 6.28. The largest absolute Gasteiger partial charge is 0.435 e. The average Bonchev–Trinajstić information content (AvgIpc) is 3.43. The number of carbonyl (C=O) groups excluding carboxylic acids is 1. The zero-order valence-corrected chi connectivity index (χ0v) is 20.4. The molecule has 194 valence electrons. The van der Waals surface area contributed by atoms with Crippen LogP contribution in [0.4, 0.5) is 24.5 Å². The molecule has 0 bridgehead atoms. The third-order valence-electron chi connectivity index (χ3n) is 6.28. The lowest BCUT2D eigenvalue weighted by atomic mass is 10.0. The average molecular weight is 520 g/mol. The van der Waals surface area contributed by atoms with Crippen molar-refractivity contribution in [2.45, 2.75) is 25.1 Å². The molecule has 2 N–H and O–H groups in total. The fourth-order valence-corrected chi connectivity index (χ4v) is 4.19. The van der Waals surface area contributed by atoms with Crippen LogP contribution in [-0.4, -0.2) is 32.0 Å². The van der Waals surface area contributed by atoms with Crippen LogP contribution in [0.1, 0.15) is 46.2 Å². The van der Waals surface area contributed by atoms with Gasteiger partial charge in [-0.1, -0.05) is 24.3 Å². The van der Waals surface area contributed by atoms with E-state index in [9.17, 15) is 18.0 Å². The molecule has 0 radical (unpaired) electrons. The number of nitrogens with zero attached hydrogens (tertiary/aromatic N) is 5. The van der Waals surface area contributed by atoms with Gasteiger partial charge in [-0.05, 0) is 55.1 Å². The number of hydrogen-bond donors (Lipinski definition) is 2. The Bertz CT molecular complexity index is 1510. The van der Waals surface area contributed by atoms with Crippen molar-refractivity contribution in [3.05, 3.63) is 101 Å². The summed E-state index contributed by atoms with van der Waals surface area (Å²) in [4.78, 5) is 16.6. The number of aryl methyl sites for hydroxylation is 1. The Morgan fingerprint density at radius 1 is 1.16 bits per heavy atom. The maximum Gasteiger partial charge on any atom is 0.435 e. The molecule has 0 spiro atoms. The molecule has 0 aliphatic heterocycles. The van der Waals surface area contributed by atoms with Crippen LogP contribution in [0, 0.1) is 12.5 Å². The van der Waals surface area contributed by atoms with E-state index in [1.54, 1.807) is 29.1 Å². The van der Waals surface area contributed by atoms with Crippen LogP contribution in [0.3, 0.4) is 0 Å². The summed E-state index contributed by atoms with van der Waals surface area (Å²) in [7, 11) is 1.84. The monoisotopic (exact) mass is 519 g/mol. The quantitative estimate of drug-likeness (QED) is 0.301. The molecule has 1 fully saturated rings. The third kappa shape index (κ3) is 5.60. The fraction of sp³-hybridized carbons (Fsp3) is 0.259. The SMILES string of the molecule is [C-]#[N+]c1cccc(-n2nc(C(F)(F)F)cc2C(=O)Nc2cccc(C(NCC3CC3)c3cnn(C)c3)c2)c1. The van der Waals surface area contributed by atoms with Crippen LogP contribution in [0.25, 0.3) is 10.5 Å². The van der Waals surface area contributed by atoms with Crippen molar-refractivity contribution in [3.8, 4) is 5.69 Å². The molecule has 1 aliphatic rings. The van der Waals surface area contributed by atoms with E-state index in [1.807, 2.05) is 19.3 Å². The van der Waals surface area contributed by atoms with Crippen molar-refractivity contribution in [1.82, 2.24) is 24.9 Å². The van der Waals surface area contributed by atoms with Gasteiger partial charge in [-0.15, -0.1) is 0 Å².